The molecule has 0 saturated heterocycles. The number of H-pyrrole nitrogens is 1. The lowest BCUT2D eigenvalue weighted by Gasteiger charge is -2.27. The van der Waals surface area contributed by atoms with Gasteiger partial charge in [-0.15, -0.1) is 0 Å². The molecule has 7 nitrogen and oxygen atoms in total. The molecule has 1 aliphatic carbocycles. The average Bonchev–Trinajstić information content (AvgIpc) is 3.46. The number of carbonyl (C=O) groups excluding carboxylic acids is 1. The van der Waals surface area contributed by atoms with Crippen LogP contribution in [0.5, 0.6) is 0 Å². The number of nitrogens with one attached hydrogen (secondary N) is 1. The minimum absolute atomic E-state index is 0.110. The Hall–Kier alpha value is -2.70. The first-order valence-corrected chi connectivity index (χ1v) is 10.3. The van der Waals surface area contributed by atoms with Gasteiger partial charge in [0.1, 0.15) is 23.6 Å². The number of aromatic amines is 1. The van der Waals surface area contributed by atoms with Gasteiger partial charge in [-0.25, -0.2) is 9.97 Å². The van der Waals surface area contributed by atoms with Crippen molar-refractivity contribution in [2.75, 3.05) is 11.4 Å². The van der Waals surface area contributed by atoms with E-state index in [1.165, 1.54) is 25.7 Å². The van der Waals surface area contributed by atoms with Crippen molar-refractivity contribution < 1.29 is 9.32 Å². The van der Waals surface area contributed by atoms with Crippen LogP contribution in [0, 0.1) is 5.92 Å². The molecule has 1 fully saturated rings. The molecule has 4 heterocycles. The molecule has 0 radical (unpaired) electrons. The number of anilines is 1. The van der Waals surface area contributed by atoms with Crippen LogP contribution in [-0.2, 0) is 13.0 Å². The smallest absolute Gasteiger partial charge is 0.185 e. The van der Waals surface area contributed by atoms with E-state index in [-0.39, 0.29) is 5.78 Å². The Morgan fingerprint density at radius 1 is 1.29 bits per heavy atom. The molecule has 0 aromatic carbocycles. The first-order chi connectivity index (χ1) is 13.8. The number of hydrogen-bond donors (Lipinski definition) is 1. The van der Waals surface area contributed by atoms with Gasteiger partial charge < -0.3 is 14.4 Å². The fourth-order valence-corrected chi connectivity index (χ4v) is 4.69. The quantitative estimate of drug-likeness (QED) is 0.650. The third-order valence-corrected chi connectivity index (χ3v) is 6.21. The van der Waals surface area contributed by atoms with E-state index in [1.807, 2.05) is 12.3 Å². The summed E-state index contributed by atoms with van der Waals surface area (Å²) >= 11 is 0. The van der Waals surface area contributed by atoms with Gasteiger partial charge in [0.15, 0.2) is 11.5 Å². The van der Waals surface area contributed by atoms with E-state index >= 15 is 0 Å². The molecule has 146 valence electrons. The van der Waals surface area contributed by atoms with Crippen molar-refractivity contribution >= 4 is 22.6 Å². The Bertz CT molecular complexity index is 986. The average molecular weight is 379 g/mol. The molecule has 1 N–H and O–H groups in total. The predicted molar refractivity (Wildman–Crippen MR) is 105 cm³/mol. The van der Waals surface area contributed by atoms with Gasteiger partial charge in [0, 0.05) is 31.1 Å². The largest absolute Gasteiger partial charge is 0.360 e. The first kappa shape index (κ1) is 17.4. The number of carbonyl (C=O) groups is 1. The summed E-state index contributed by atoms with van der Waals surface area (Å²) in [6.07, 6.45) is 12.2. The Kier molecular flexibility index (Phi) is 4.58. The van der Waals surface area contributed by atoms with Crippen LogP contribution in [0.3, 0.4) is 0 Å². The van der Waals surface area contributed by atoms with Crippen molar-refractivity contribution in [1.82, 2.24) is 20.1 Å². The molecule has 3 aromatic rings. The van der Waals surface area contributed by atoms with Crippen molar-refractivity contribution in [2.24, 2.45) is 5.92 Å². The lowest BCUT2D eigenvalue weighted by atomic mass is 9.97. The van der Waals surface area contributed by atoms with Crippen molar-refractivity contribution in [3.8, 4) is 0 Å². The number of hydrogen-bond acceptors (Lipinski definition) is 6. The molecule has 1 aliphatic heterocycles. The summed E-state index contributed by atoms with van der Waals surface area (Å²) in [7, 11) is 0. The van der Waals surface area contributed by atoms with Crippen molar-refractivity contribution in [3.63, 3.8) is 0 Å². The molecule has 0 atom stereocenters. The first-order valence-electron chi connectivity index (χ1n) is 10.3. The van der Waals surface area contributed by atoms with Crippen LogP contribution < -0.4 is 4.90 Å². The van der Waals surface area contributed by atoms with E-state index in [4.69, 9.17) is 4.52 Å². The van der Waals surface area contributed by atoms with Gasteiger partial charge in [0.2, 0.25) is 0 Å². The number of nitrogens with zero attached hydrogens (tertiary/aromatic N) is 4. The van der Waals surface area contributed by atoms with Crippen molar-refractivity contribution in [3.05, 3.63) is 35.6 Å². The lowest BCUT2D eigenvalue weighted by molar-refractivity contribution is 0.0968. The van der Waals surface area contributed by atoms with Crippen LogP contribution in [0.4, 0.5) is 5.82 Å². The highest BCUT2D eigenvalue weighted by Crippen LogP contribution is 2.31. The maximum Gasteiger partial charge on any atom is 0.185 e. The van der Waals surface area contributed by atoms with Gasteiger partial charge >= 0.3 is 0 Å². The maximum absolute atomic E-state index is 12.8. The summed E-state index contributed by atoms with van der Waals surface area (Å²) in [6, 6.07) is 1.99. The highest BCUT2D eigenvalue weighted by Gasteiger charge is 2.29. The number of ketones is 1. The molecule has 3 aromatic heterocycles. The molecule has 0 amide bonds. The third-order valence-electron chi connectivity index (χ3n) is 6.21. The molecule has 2 aliphatic rings. The van der Waals surface area contributed by atoms with E-state index in [2.05, 4.69) is 25.0 Å². The summed E-state index contributed by atoms with van der Waals surface area (Å²) in [5.41, 5.74) is 2.27. The lowest BCUT2D eigenvalue weighted by Crippen LogP contribution is -2.31. The minimum atomic E-state index is 0.110. The standard InChI is InChI=1S/C21H25N5O2/c27-17(7-3-6-14-4-1-2-5-14)19-16-12-26(11-9-18(16)28-25-19)21-15-8-10-22-20(15)23-13-24-21/h8,10,13-14H,1-7,9,11-12H2,(H,22,23,24). The highest BCUT2D eigenvalue weighted by atomic mass is 16.5. The zero-order valence-electron chi connectivity index (χ0n) is 16.0. The highest BCUT2D eigenvalue weighted by molar-refractivity contribution is 5.96. The zero-order valence-corrected chi connectivity index (χ0v) is 16.0. The summed E-state index contributed by atoms with van der Waals surface area (Å²) in [6.45, 7) is 1.38. The van der Waals surface area contributed by atoms with Crippen LogP contribution in [0.15, 0.2) is 23.1 Å². The number of aromatic nitrogens is 4. The van der Waals surface area contributed by atoms with Crippen LogP contribution in [0.2, 0.25) is 0 Å². The molecule has 5 rings (SSSR count). The zero-order chi connectivity index (χ0) is 18.9. The van der Waals surface area contributed by atoms with E-state index in [1.54, 1.807) is 6.33 Å². The molecule has 0 spiro atoms. The Morgan fingerprint density at radius 3 is 3.07 bits per heavy atom. The maximum atomic E-state index is 12.8. The third kappa shape index (κ3) is 3.19. The number of rotatable bonds is 6. The van der Waals surface area contributed by atoms with Gasteiger partial charge in [-0.1, -0.05) is 37.3 Å². The van der Waals surface area contributed by atoms with E-state index in [9.17, 15) is 4.79 Å². The molecule has 1 saturated carbocycles. The van der Waals surface area contributed by atoms with E-state index < -0.39 is 0 Å². The fourth-order valence-electron chi connectivity index (χ4n) is 4.69. The summed E-state index contributed by atoms with van der Waals surface area (Å²) in [5, 5.41) is 5.13. The summed E-state index contributed by atoms with van der Waals surface area (Å²) < 4.78 is 5.51. The minimum Gasteiger partial charge on any atom is -0.360 e. The van der Waals surface area contributed by atoms with E-state index in [0.29, 0.717) is 18.7 Å². The van der Waals surface area contributed by atoms with Gasteiger partial charge in [0.05, 0.1) is 11.9 Å². The Balaban J connectivity index is 1.31. The Labute approximate surface area is 163 Å². The van der Waals surface area contributed by atoms with Crippen molar-refractivity contribution in [2.45, 2.75) is 57.9 Å². The van der Waals surface area contributed by atoms with Gasteiger partial charge in [-0.05, 0) is 18.4 Å². The topological polar surface area (TPSA) is 87.9 Å². The van der Waals surface area contributed by atoms with Crippen LogP contribution in [-0.4, -0.2) is 32.4 Å². The normalized spacial score (nSPS) is 17.4. The summed E-state index contributed by atoms with van der Waals surface area (Å²) in [4.78, 5) is 26.9. The van der Waals surface area contributed by atoms with E-state index in [0.717, 1.165) is 59.9 Å². The molecule has 0 unspecified atom stereocenters. The van der Waals surface area contributed by atoms with Crippen molar-refractivity contribution in [1.29, 1.82) is 0 Å². The fraction of sp³-hybridized carbons (Fsp3) is 0.524. The molecular weight excluding hydrogens is 354 g/mol. The van der Waals surface area contributed by atoms with Gasteiger partial charge in [-0.3, -0.25) is 4.79 Å². The molecule has 0 bridgehead atoms. The van der Waals surface area contributed by atoms with Crippen LogP contribution in [0.1, 0.15) is 66.8 Å². The Morgan fingerprint density at radius 2 is 2.18 bits per heavy atom. The second-order valence-corrected chi connectivity index (χ2v) is 8.01. The molecular formula is C21H25N5O2. The number of fused-ring (bicyclic) bond motifs is 2. The van der Waals surface area contributed by atoms with Crippen LogP contribution in [0.25, 0.3) is 11.0 Å². The SMILES string of the molecule is O=C(CCCC1CCCC1)c1noc2c1CN(c1ncnc3[nH]ccc13)CC2. The van der Waals surface area contributed by atoms with Gasteiger partial charge in [-0.2, -0.15) is 0 Å². The van der Waals surface area contributed by atoms with Crippen LogP contribution >= 0.6 is 0 Å². The second-order valence-electron chi connectivity index (χ2n) is 8.01. The monoisotopic (exact) mass is 379 g/mol. The number of Topliss-reactive ketones (excluding diaryl/α,β-unsaturated/α-hetero) is 1. The second kappa shape index (κ2) is 7.37. The summed E-state index contributed by atoms with van der Waals surface area (Å²) in [5.74, 6) is 2.66. The molecule has 7 heteroatoms. The molecule has 28 heavy (non-hydrogen) atoms. The van der Waals surface area contributed by atoms with Gasteiger partial charge in [0.25, 0.3) is 0 Å². The predicted octanol–water partition coefficient (Wildman–Crippen LogP) is 4.05.